The molecule has 0 bridgehead atoms. The summed E-state index contributed by atoms with van der Waals surface area (Å²) in [6, 6.07) is 8.13. The van der Waals surface area contributed by atoms with Crippen LogP contribution in [0.15, 0.2) is 29.8 Å². The van der Waals surface area contributed by atoms with Crippen LogP contribution in [0.2, 0.25) is 0 Å². The maximum absolute atomic E-state index is 4.14. The number of aromatic nitrogens is 1. The highest BCUT2D eigenvalue weighted by molar-refractivity contribution is 7.78. The van der Waals surface area contributed by atoms with Gasteiger partial charge in [0.1, 0.15) is 0 Å². The maximum Gasteiger partial charge on any atom is 0.0812 e. The molecular weight excluding hydrogens is 308 g/mol. The van der Waals surface area contributed by atoms with E-state index in [2.05, 4.69) is 35.5 Å². The quantitative estimate of drug-likeness (QED) is 0.395. The van der Waals surface area contributed by atoms with Crippen LogP contribution in [0.3, 0.4) is 0 Å². The van der Waals surface area contributed by atoms with Gasteiger partial charge in [0, 0.05) is 6.54 Å². The Hall–Kier alpha value is -0.580. The molecule has 0 aliphatic heterocycles. The molecule has 0 saturated carbocycles. The van der Waals surface area contributed by atoms with Crippen molar-refractivity contribution < 1.29 is 0 Å². The molecule has 1 N–H and O–H groups in total. The van der Waals surface area contributed by atoms with E-state index in [-0.39, 0.29) is 0 Å². The summed E-state index contributed by atoms with van der Waals surface area (Å²) in [7, 11) is 0. The summed E-state index contributed by atoms with van der Waals surface area (Å²) in [5.74, 6) is 0. The van der Waals surface area contributed by atoms with Gasteiger partial charge in [-0.15, -0.1) is 11.3 Å². The van der Waals surface area contributed by atoms with E-state index in [1.54, 1.807) is 11.3 Å². The average Bonchev–Trinajstić information content (AvgIpc) is 3.03. The molecule has 0 spiro atoms. The number of thiol groups is 1. The number of benzene rings is 1. The molecule has 22 heavy (non-hydrogen) atoms. The normalized spacial score (nSPS) is 10.5. The van der Waals surface area contributed by atoms with Crippen molar-refractivity contribution >= 4 is 34.4 Å². The first-order valence-electron chi connectivity index (χ1n) is 8.53. The van der Waals surface area contributed by atoms with Gasteiger partial charge in [-0.05, 0) is 18.6 Å². The number of fused-ring (bicyclic) bond motifs is 1. The molecule has 1 heterocycles. The molecule has 4 heteroatoms. The monoisotopic (exact) mass is 338 g/mol. The average molecular weight is 339 g/mol. The fourth-order valence-electron chi connectivity index (χ4n) is 2.32. The minimum absolute atomic E-state index is 1.05. The topological polar surface area (TPSA) is 24.9 Å². The predicted molar refractivity (Wildman–Crippen MR) is 104 cm³/mol. The zero-order valence-electron chi connectivity index (χ0n) is 13.8. The van der Waals surface area contributed by atoms with Crippen LogP contribution in [0.4, 0.5) is 0 Å². The predicted octanol–water partition coefficient (Wildman–Crippen LogP) is 6.25. The Morgan fingerprint density at radius 1 is 0.955 bits per heavy atom. The SMILES string of the molecule is CCCCCCCCCCCNS.c1ccc2scnc2c1. The third-order valence-electron chi connectivity index (χ3n) is 3.63. The lowest BCUT2D eigenvalue weighted by molar-refractivity contribution is 0.565. The minimum atomic E-state index is 1.05. The van der Waals surface area contributed by atoms with Gasteiger partial charge < -0.3 is 0 Å². The van der Waals surface area contributed by atoms with Crippen LogP contribution in [0.25, 0.3) is 10.2 Å². The van der Waals surface area contributed by atoms with E-state index < -0.39 is 0 Å². The highest BCUT2D eigenvalue weighted by Gasteiger charge is 1.91. The van der Waals surface area contributed by atoms with Crippen molar-refractivity contribution in [3.05, 3.63) is 29.8 Å². The van der Waals surface area contributed by atoms with Gasteiger partial charge in [0.25, 0.3) is 0 Å². The van der Waals surface area contributed by atoms with Crippen LogP contribution in [-0.2, 0) is 0 Å². The molecule has 124 valence electrons. The van der Waals surface area contributed by atoms with Gasteiger partial charge in [0.05, 0.1) is 15.7 Å². The van der Waals surface area contributed by atoms with E-state index >= 15 is 0 Å². The summed E-state index contributed by atoms with van der Waals surface area (Å²) < 4.78 is 4.14. The Kier molecular flexibility index (Phi) is 12.4. The van der Waals surface area contributed by atoms with E-state index in [4.69, 9.17) is 0 Å². The molecule has 1 aromatic carbocycles. The zero-order chi connectivity index (χ0) is 15.9. The third-order valence-corrected chi connectivity index (χ3v) is 4.66. The minimum Gasteiger partial charge on any atom is -0.267 e. The van der Waals surface area contributed by atoms with Crippen molar-refractivity contribution in [3.8, 4) is 0 Å². The summed E-state index contributed by atoms with van der Waals surface area (Å²) in [5.41, 5.74) is 2.97. The van der Waals surface area contributed by atoms with E-state index in [1.165, 1.54) is 62.5 Å². The first kappa shape index (κ1) is 19.5. The number of rotatable bonds is 10. The maximum atomic E-state index is 4.14. The molecule has 0 saturated heterocycles. The highest BCUT2D eigenvalue weighted by atomic mass is 32.1. The van der Waals surface area contributed by atoms with Gasteiger partial charge in [-0.1, -0.05) is 83.2 Å². The second-order valence-corrected chi connectivity index (χ2v) is 6.76. The molecule has 2 rings (SSSR count). The molecule has 0 aliphatic rings. The molecule has 0 amide bonds. The van der Waals surface area contributed by atoms with Crippen LogP contribution in [0, 0.1) is 0 Å². The van der Waals surface area contributed by atoms with Gasteiger partial charge in [0.15, 0.2) is 0 Å². The van der Waals surface area contributed by atoms with Crippen molar-refractivity contribution in [1.82, 2.24) is 9.71 Å². The van der Waals surface area contributed by atoms with Gasteiger partial charge in [0.2, 0.25) is 0 Å². The van der Waals surface area contributed by atoms with Crippen molar-refractivity contribution in [3.63, 3.8) is 0 Å². The smallest absolute Gasteiger partial charge is 0.0812 e. The lowest BCUT2D eigenvalue weighted by Gasteiger charge is -2.01. The fraction of sp³-hybridized carbons (Fsp3) is 0.611. The summed E-state index contributed by atoms with van der Waals surface area (Å²) in [6.07, 6.45) is 12.6. The lowest BCUT2D eigenvalue weighted by atomic mass is 10.1. The summed E-state index contributed by atoms with van der Waals surface area (Å²) in [6.45, 7) is 3.32. The molecule has 2 nitrogen and oxygen atoms in total. The first-order valence-corrected chi connectivity index (χ1v) is 9.86. The molecule has 2 aromatic rings. The van der Waals surface area contributed by atoms with Gasteiger partial charge in [-0.2, -0.15) is 0 Å². The number of thiazole rings is 1. The molecule has 0 aliphatic carbocycles. The second kappa shape index (κ2) is 14.0. The molecular formula is C18H30N2S2. The third kappa shape index (κ3) is 9.44. The summed E-state index contributed by atoms with van der Waals surface area (Å²) in [4.78, 5) is 4.14. The Labute approximate surface area is 145 Å². The number of hydrogen-bond acceptors (Lipinski definition) is 4. The molecule has 1 aromatic heterocycles. The van der Waals surface area contributed by atoms with Crippen molar-refractivity contribution in [2.24, 2.45) is 0 Å². The largest absolute Gasteiger partial charge is 0.267 e. The highest BCUT2D eigenvalue weighted by Crippen LogP contribution is 2.15. The van der Waals surface area contributed by atoms with Crippen molar-refractivity contribution in [2.45, 2.75) is 64.7 Å². The number of nitrogens with zero attached hydrogens (tertiary/aromatic N) is 1. The Morgan fingerprint density at radius 3 is 2.23 bits per heavy atom. The Balaban J connectivity index is 0.000000231. The van der Waals surface area contributed by atoms with Gasteiger partial charge >= 0.3 is 0 Å². The molecule has 0 fully saturated rings. The van der Waals surface area contributed by atoms with Crippen molar-refractivity contribution in [2.75, 3.05) is 6.54 Å². The fourth-order valence-corrected chi connectivity index (χ4v) is 3.15. The first-order chi connectivity index (χ1) is 10.9. The number of hydrogen-bond donors (Lipinski definition) is 2. The number of unbranched alkanes of at least 4 members (excludes halogenated alkanes) is 8. The molecule has 0 unspecified atom stereocenters. The van der Waals surface area contributed by atoms with Gasteiger partial charge in [-0.3, -0.25) is 4.72 Å². The lowest BCUT2D eigenvalue weighted by Crippen LogP contribution is -1.99. The Bertz CT molecular complexity index is 431. The molecule has 0 atom stereocenters. The second-order valence-electron chi connectivity index (χ2n) is 5.56. The van der Waals surface area contributed by atoms with E-state index in [9.17, 15) is 0 Å². The van der Waals surface area contributed by atoms with Crippen LogP contribution < -0.4 is 4.72 Å². The van der Waals surface area contributed by atoms with E-state index in [0.29, 0.717) is 0 Å². The van der Waals surface area contributed by atoms with Crippen LogP contribution in [-0.4, -0.2) is 11.5 Å². The van der Waals surface area contributed by atoms with Crippen molar-refractivity contribution in [1.29, 1.82) is 0 Å². The molecule has 0 radical (unpaired) electrons. The summed E-state index contributed by atoms with van der Waals surface area (Å²) >= 11 is 5.63. The standard InChI is InChI=1S/C11H25NS.C7H5NS/c1-2-3-4-5-6-7-8-9-10-11-12-13;1-2-4-7-6(3-1)8-5-9-7/h12-13H,2-11H2,1H3;1-5H. The van der Waals surface area contributed by atoms with Gasteiger partial charge in [-0.25, -0.2) is 4.98 Å². The van der Waals surface area contributed by atoms with Crippen LogP contribution in [0.1, 0.15) is 64.7 Å². The van der Waals surface area contributed by atoms with Crippen LogP contribution >= 0.6 is 24.2 Å². The number of para-hydroxylation sites is 1. The summed E-state index contributed by atoms with van der Waals surface area (Å²) in [5, 5.41) is 0. The van der Waals surface area contributed by atoms with Crippen LogP contribution in [0.5, 0.6) is 0 Å². The number of nitrogens with one attached hydrogen (secondary N) is 1. The zero-order valence-corrected chi connectivity index (χ0v) is 15.5. The Morgan fingerprint density at radius 2 is 1.59 bits per heavy atom. The van der Waals surface area contributed by atoms with E-state index in [0.717, 1.165) is 12.1 Å². The van der Waals surface area contributed by atoms with E-state index in [1.807, 2.05) is 23.7 Å².